The van der Waals surface area contributed by atoms with Gasteiger partial charge in [0.15, 0.2) is 0 Å². The van der Waals surface area contributed by atoms with Crippen LogP contribution in [0.5, 0.6) is 5.75 Å². The third-order valence-electron chi connectivity index (χ3n) is 3.93. The molecule has 2 aromatic carbocycles. The number of carboxylic acid groups (broad SMARTS) is 1. The molecule has 9 heteroatoms. The predicted molar refractivity (Wildman–Crippen MR) is 116 cm³/mol. The van der Waals surface area contributed by atoms with Gasteiger partial charge in [0.2, 0.25) is 0 Å². The zero-order chi connectivity index (χ0) is 23.2. The number of carbonyl (C=O) groups excluding carboxylic acids is 2. The maximum Gasteiger partial charge on any atom is 0.514 e. The molecule has 0 bridgehead atoms. The molecular weight excluding hydrogens is 470 g/mol. The Kier molecular flexibility index (Phi) is 8.18. The van der Waals surface area contributed by atoms with Gasteiger partial charge in [-0.25, -0.2) is 9.59 Å². The Morgan fingerprint density at radius 3 is 2.32 bits per heavy atom. The first-order valence-corrected chi connectivity index (χ1v) is 10.2. The Morgan fingerprint density at radius 2 is 1.74 bits per heavy atom. The van der Waals surface area contributed by atoms with Crippen molar-refractivity contribution >= 4 is 34.0 Å². The van der Waals surface area contributed by atoms with E-state index in [9.17, 15) is 14.4 Å². The maximum absolute atomic E-state index is 12.6. The summed E-state index contributed by atoms with van der Waals surface area (Å²) in [6.45, 7) is 5.12. The lowest BCUT2D eigenvalue weighted by molar-refractivity contribution is -0.138. The highest BCUT2D eigenvalue weighted by Crippen LogP contribution is 2.23. The highest BCUT2D eigenvalue weighted by Gasteiger charge is 2.24. The van der Waals surface area contributed by atoms with Crippen LogP contribution in [0.1, 0.15) is 42.3 Å². The summed E-state index contributed by atoms with van der Waals surface area (Å²) in [6.07, 6.45) is -1.05. The van der Waals surface area contributed by atoms with E-state index in [0.717, 1.165) is 10.0 Å². The second-order valence-corrected chi connectivity index (χ2v) is 8.65. The van der Waals surface area contributed by atoms with Gasteiger partial charge in [0.05, 0.1) is 5.56 Å². The highest BCUT2D eigenvalue weighted by atomic mass is 79.9. The number of nitrogens with two attached hydrogens (primary N) is 1. The van der Waals surface area contributed by atoms with Gasteiger partial charge in [0.25, 0.3) is 0 Å². The van der Waals surface area contributed by atoms with Crippen LogP contribution in [0.3, 0.4) is 0 Å². The average molecular weight is 494 g/mol. The summed E-state index contributed by atoms with van der Waals surface area (Å²) in [5, 5.41) is 9.07. The summed E-state index contributed by atoms with van der Waals surface area (Å²) >= 11 is 3.32. The fraction of sp³-hybridized carbons (Fsp3) is 0.318. The number of hydrogen-bond donors (Lipinski definition) is 2. The SMILES string of the molecule is CC(C)(C)OC(=O)c1cc(OC(=O)OCc2ccc(Br)cc2)ccc1CC(N)C(=O)O. The van der Waals surface area contributed by atoms with Crippen molar-refractivity contribution in [3.8, 4) is 5.75 Å². The van der Waals surface area contributed by atoms with Gasteiger partial charge in [-0.3, -0.25) is 4.79 Å². The molecule has 0 radical (unpaired) electrons. The molecule has 0 saturated carbocycles. The number of hydrogen-bond acceptors (Lipinski definition) is 7. The monoisotopic (exact) mass is 493 g/mol. The third kappa shape index (κ3) is 8.03. The lowest BCUT2D eigenvalue weighted by Gasteiger charge is -2.21. The standard InChI is InChI=1S/C22H24BrNO7/c1-22(2,3)31-20(27)17-11-16(9-6-14(17)10-18(24)19(25)26)30-21(28)29-12-13-4-7-15(23)8-5-13/h4-9,11,18H,10,12,24H2,1-3H3,(H,25,26). The predicted octanol–water partition coefficient (Wildman–Crippen LogP) is 4.07. The number of esters is 1. The van der Waals surface area contributed by atoms with Crippen molar-refractivity contribution in [1.29, 1.82) is 0 Å². The molecule has 0 saturated heterocycles. The minimum atomic E-state index is -1.20. The number of rotatable bonds is 7. The fourth-order valence-electron chi connectivity index (χ4n) is 2.49. The van der Waals surface area contributed by atoms with Crippen LogP contribution >= 0.6 is 15.9 Å². The van der Waals surface area contributed by atoms with Gasteiger partial charge in [-0.05, 0) is 62.6 Å². The lowest BCUT2D eigenvalue weighted by Crippen LogP contribution is -2.33. The quantitative estimate of drug-likeness (QED) is 0.436. The number of benzene rings is 2. The molecule has 31 heavy (non-hydrogen) atoms. The first-order chi connectivity index (χ1) is 14.4. The number of aliphatic carboxylic acids is 1. The van der Waals surface area contributed by atoms with Crippen LogP contribution in [0.15, 0.2) is 46.9 Å². The second-order valence-electron chi connectivity index (χ2n) is 7.74. The second kappa shape index (κ2) is 10.4. The van der Waals surface area contributed by atoms with Gasteiger partial charge >= 0.3 is 18.1 Å². The van der Waals surface area contributed by atoms with E-state index in [2.05, 4.69) is 15.9 Å². The molecule has 0 amide bonds. The zero-order valence-corrected chi connectivity index (χ0v) is 19.0. The van der Waals surface area contributed by atoms with Gasteiger partial charge in [0, 0.05) is 4.47 Å². The number of halogens is 1. The Labute approximate surface area is 188 Å². The molecule has 1 unspecified atom stereocenters. The summed E-state index contributed by atoms with van der Waals surface area (Å²) in [4.78, 5) is 35.8. The largest absolute Gasteiger partial charge is 0.514 e. The van der Waals surface area contributed by atoms with Crippen LogP contribution in [0.2, 0.25) is 0 Å². The van der Waals surface area contributed by atoms with E-state index in [0.29, 0.717) is 5.56 Å². The Bertz CT molecular complexity index is 951. The molecule has 166 valence electrons. The summed E-state index contributed by atoms with van der Waals surface area (Å²) in [6, 6.07) is 10.2. The minimum absolute atomic E-state index is 0.0105. The van der Waals surface area contributed by atoms with E-state index in [1.807, 2.05) is 12.1 Å². The third-order valence-corrected chi connectivity index (χ3v) is 4.46. The van der Waals surface area contributed by atoms with E-state index in [1.165, 1.54) is 18.2 Å². The maximum atomic E-state index is 12.6. The molecule has 0 spiro atoms. The first kappa shape index (κ1) is 24.4. The van der Waals surface area contributed by atoms with Crippen molar-refractivity contribution < 1.29 is 33.7 Å². The minimum Gasteiger partial charge on any atom is -0.480 e. The molecule has 0 fully saturated rings. The highest BCUT2D eigenvalue weighted by molar-refractivity contribution is 9.10. The molecule has 0 heterocycles. The van der Waals surface area contributed by atoms with Gasteiger partial charge in [-0.2, -0.15) is 0 Å². The van der Waals surface area contributed by atoms with Crippen molar-refractivity contribution in [3.63, 3.8) is 0 Å². The fourth-order valence-corrected chi connectivity index (χ4v) is 2.76. The van der Waals surface area contributed by atoms with Crippen LogP contribution in [-0.2, 0) is 27.3 Å². The molecule has 2 aromatic rings. The molecule has 2 rings (SSSR count). The summed E-state index contributed by atoms with van der Waals surface area (Å²) in [5.74, 6) is -1.84. The Balaban J connectivity index is 2.16. The van der Waals surface area contributed by atoms with Crippen molar-refractivity contribution in [2.75, 3.05) is 0 Å². The Morgan fingerprint density at radius 1 is 1.10 bits per heavy atom. The first-order valence-electron chi connectivity index (χ1n) is 9.38. The van der Waals surface area contributed by atoms with Crippen molar-refractivity contribution in [2.45, 2.75) is 45.4 Å². The molecule has 0 aliphatic rings. The molecule has 3 N–H and O–H groups in total. The average Bonchev–Trinajstić information content (AvgIpc) is 2.67. The van der Waals surface area contributed by atoms with Gasteiger partial charge in [0.1, 0.15) is 24.0 Å². The molecule has 0 aliphatic carbocycles. The number of ether oxygens (including phenoxy) is 3. The Hall–Kier alpha value is -2.91. The summed E-state index contributed by atoms with van der Waals surface area (Å²) in [7, 11) is 0. The van der Waals surface area contributed by atoms with Gasteiger partial charge in [-0.1, -0.05) is 34.1 Å². The molecule has 1 atom stereocenters. The smallest absolute Gasteiger partial charge is 0.480 e. The number of carboxylic acids is 1. The van der Waals surface area contributed by atoms with Gasteiger partial charge in [-0.15, -0.1) is 0 Å². The van der Waals surface area contributed by atoms with Crippen LogP contribution in [-0.4, -0.2) is 34.8 Å². The molecule has 8 nitrogen and oxygen atoms in total. The van der Waals surface area contributed by atoms with Crippen LogP contribution < -0.4 is 10.5 Å². The molecule has 0 aromatic heterocycles. The van der Waals surface area contributed by atoms with Crippen LogP contribution in [0.4, 0.5) is 4.79 Å². The van der Waals surface area contributed by atoms with E-state index in [1.54, 1.807) is 32.9 Å². The van der Waals surface area contributed by atoms with Crippen molar-refractivity contribution in [1.82, 2.24) is 0 Å². The van der Waals surface area contributed by atoms with E-state index in [-0.39, 0.29) is 24.3 Å². The normalized spacial score (nSPS) is 12.0. The van der Waals surface area contributed by atoms with E-state index >= 15 is 0 Å². The van der Waals surface area contributed by atoms with Crippen molar-refractivity contribution in [3.05, 3.63) is 63.6 Å². The topological polar surface area (TPSA) is 125 Å². The van der Waals surface area contributed by atoms with Crippen molar-refractivity contribution in [2.24, 2.45) is 5.73 Å². The molecular formula is C22H24BrNO7. The van der Waals surface area contributed by atoms with E-state index in [4.69, 9.17) is 25.1 Å². The van der Waals surface area contributed by atoms with Crippen LogP contribution in [0, 0.1) is 0 Å². The van der Waals surface area contributed by atoms with E-state index < -0.39 is 29.7 Å². The lowest BCUT2D eigenvalue weighted by atomic mass is 10.00. The summed E-state index contributed by atoms with van der Waals surface area (Å²) < 4.78 is 16.5. The zero-order valence-electron chi connectivity index (χ0n) is 17.4. The summed E-state index contributed by atoms with van der Waals surface area (Å²) in [5.41, 5.74) is 6.03. The molecule has 0 aliphatic heterocycles. The van der Waals surface area contributed by atoms with Gasteiger partial charge < -0.3 is 25.1 Å². The van der Waals surface area contributed by atoms with Crippen LogP contribution in [0.25, 0.3) is 0 Å². The number of carbonyl (C=O) groups is 3.